The Morgan fingerprint density at radius 3 is 2.75 bits per heavy atom. The number of nitrogens with zero attached hydrogens (tertiary/aromatic N) is 2. The molecule has 146 valence electrons. The van der Waals surface area contributed by atoms with E-state index < -0.39 is 10.0 Å². The maximum atomic E-state index is 12.9. The van der Waals surface area contributed by atoms with E-state index in [2.05, 4.69) is 16.6 Å². The van der Waals surface area contributed by atoms with E-state index in [1.54, 1.807) is 18.2 Å². The van der Waals surface area contributed by atoms with Gasteiger partial charge >= 0.3 is 0 Å². The minimum atomic E-state index is -3.65. The number of sulfonamides is 1. The minimum absolute atomic E-state index is 0.0275. The number of fused-ring (bicyclic) bond motifs is 1. The van der Waals surface area contributed by atoms with Gasteiger partial charge in [0.25, 0.3) is 10.0 Å². The zero-order valence-electron chi connectivity index (χ0n) is 15.8. The van der Waals surface area contributed by atoms with Crippen molar-refractivity contribution >= 4 is 27.5 Å². The van der Waals surface area contributed by atoms with E-state index in [1.807, 2.05) is 35.2 Å². The molecule has 2 aliphatic rings. The number of carbonyl (C=O) groups excluding carboxylic acids is 1. The topological polar surface area (TPSA) is 78.8 Å². The Bertz CT molecular complexity index is 1050. The molecule has 2 heterocycles. The molecule has 1 saturated heterocycles. The number of rotatable bonds is 3. The van der Waals surface area contributed by atoms with Crippen molar-refractivity contribution in [2.45, 2.75) is 31.1 Å². The third kappa shape index (κ3) is 3.42. The fourth-order valence-corrected chi connectivity index (χ4v) is 5.11. The van der Waals surface area contributed by atoms with Gasteiger partial charge in [0.05, 0.1) is 5.92 Å². The number of anilines is 1. The number of nitrogens with one attached hydrogen (secondary N) is 1. The van der Waals surface area contributed by atoms with Crippen LogP contribution in [0.4, 0.5) is 5.69 Å². The Morgan fingerprint density at radius 2 is 1.93 bits per heavy atom. The van der Waals surface area contributed by atoms with E-state index in [9.17, 15) is 13.2 Å². The van der Waals surface area contributed by atoms with Gasteiger partial charge in [-0.1, -0.05) is 37.3 Å². The standard InChI is InChI=1S/C21H23N3O3S/c1-2-15-8-3-5-11-18(15)22-21(25)16-9-7-13-24(14-16)20-17-10-4-6-12-19(17)28(26,27)23-20/h3-6,8,10-12,16H,2,7,9,13-14H2,1H3,(H,22,25)/t16-/m0/s1. The third-order valence-corrected chi connectivity index (χ3v) is 6.69. The van der Waals surface area contributed by atoms with Crippen LogP contribution in [0.3, 0.4) is 0 Å². The van der Waals surface area contributed by atoms with Crippen LogP contribution in [0.2, 0.25) is 0 Å². The third-order valence-electron chi connectivity index (χ3n) is 5.36. The highest BCUT2D eigenvalue weighted by Crippen LogP contribution is 2.30. The van der Waals surface area contributed by atoms with E-state index >= 15 is 0 Å². The van der Waals surface area contributed by atoms with Gasteiger partial charge in [0.15, 0.2) is 5.84 Å². The first-order valence-electron chi connectivity index (χ1n) is 9.57. The van der Waals surface area contributed by atoms with Crippen molar-refractivity contribution in [3.8, 4) is 0 Å². The maximum absolute atomic E-state index is 12.9. The molecular formula is C21H23N3O3S. The molecule has 2 aliphatic heterocycles. The number of amidine groups is 1. The fourth-order valence-electron chi connectivity index (χ4n) is 3.89. The van der Waals surface area contributed by atoms with Crippen LogP contribution in [0.25, 0.3) is 0 Å². The quantitative estimate of drug-likeness (QED) is 0.863. The number of benzene rings is 2. The molecular weight excluding hydrogens is 374 g/mol. The molecule has 0 unspecified atom stereocenters. The number of hydrogen-bond acceptors (Lipinski definition) is 4. The SMILES string of the molecule is CCc1ccccc1NC(=O)[C@H]1CCCN(C2=NS(=O)(=O)c3ccccc32)C1. The zero-order valence-corrected chi connectivity index (χ0v) is 16.6. The van der Waals surface area contributed by atoms with Crippen LogP contribution in [0.5, 0.6) is 0 Å². The van der Waals surface area contributed by atoms with Crippen LogP contribution in [-0.2, 0) is 21.2 Å². The van der Waals surface area contributed by atoms with E-state index in [4.69, 9.17) is 0 Å². The molecule has 4 rings (SSSR count). The summed E-state index contributed by atoms with van der Waals surface area (Å²) in [6.07, 6.45) is 2.44. The number of carbonyl (C=O) groups is 1. The summed E-state index contributed by atoms with van der Waals surface area (Å²) in [5.41, 5.74) is 2.57. The molecule has 7 heteroatoms. The van der Waals surface area contributed by atoms with Gasteiger partial charge in [0.1, 0.15) is 4.90 Å². The lowest BCUT2D eigenvalue weighted by Crippen LogP contribution is -2.43. The van der Waals surface area contributed by atoms with Gasteiger partial charge in [-0.15, -0.1) is 4.40 Å². The van der Waals surface area contributed by atoms with Crippen molar-refractivity contribution in [2.24, 2.45) is 10.3 Å². The second-order valence-corrected chi connectivity index (χ2v) is 8.74. The molecule has 0 bridgehead atoms. The summed E-state index contributed by atoms with van der Waals surface area (Å²) in [4.78, 5) is 15.1. The summed E-state index contributed by atoms with van der Waals surface area (Å²) in [6, 6.07) is 14.7. The molecule has 1 amide bonds. The fraction of sp³-hybridized carbons (Fsp3) is 0.333. The molecule has 2 aromatic carbocycles. The highest BCUT2D eigenvalue weighted by Gasteiger charge is 2.35. The van der Waals surface area contributed by atoms with E-state index in [1.165, 1.54) is 0 Å². The molecule has 0 saturated carbocycles. The smallest absolute Gasteiger partial charge is 0.285 e. The van der Waals surface area contributed by atoms with Crippen molar-refractivity contribution in [2.75, 3.05) is 18.4 Å². The first kappa shape index (κ1) is 18.7. The van der Waals surface area contributed by atoms with Crippen LogP contribution in [0, 0.1) is 5.92 Å². The Labute approximate surface area is 165 Å². The molecule has 1 N–H and O–H groups in total. The molecule has 28 heavy (non-hydrogen) atoms. The first-order chi connectivity index (χ1) is 13.5. The summed E-state index contributed by atoms with van der Waals surface area (Å²) in [7, 11) is -3.65. The number of piperidine rings is 1. The van der Waals surface area contributed by atoms with Crippen LogP contribution in [0.15, 0.2) is 57.8 Å². The number of amides is 1. The minimum Gasteiger partial charge on any atom is -0.355 e. The molecule has 6 nitrogen and oxygen atoms in total. The second kappa shape index (κ2) is 7.39. The Balaban J connectivity index is 1.53. The summed E-state index contributed by atoms with van der Waals surface area (Å²) in [6.45, 7) is 3.21. The normalized spacial score (nSPS) is 20.4. The average molecular weight is 398 g/mol. The summed E-state index contributed by atoms with van der Waals surface area (Å²) in [5.74, 6) is 0.222. The predicted molar refractivity (Wildman–Crippen MR) is 109 cm³/mol. The van der Waals surface area contributed by atoms with E-state index in [-0.39, 0.29) is 16.7 Å². The van der Waals surface area contributed by atoms with Crippen molar-refractivity contribution < 1.29 is 13.2 Å². The number of hydrogen-bond donors (Lipinski definition) is 1. The first-order valence-corrected chi connectivity index (χ1v) is 11.0. The predicted octanol–water partition coefficient (Wildman–Crippen LogP) is 3.05. The monoisotopic (exact) mass is 397 g/mol. The molecule has 1 atom stereocenters. The average Bonchev–Trinajstić information content (AvgIpc) is 3.00. The molecule has 0 aliphatic carbocycles. The van der Waals surface area contributed by atoms with Crippen molar-refractivity contribution in [1.29, 1.82) is 0 Å². The lowest BCUT2D eigenvalue weighted by Gasteiger charge is -2.33. The van der Waals surface area contributed by atoms with Gasteiger partial charge in [0, 0.05) is 24.3 Å². The Morgan fingerprint density at radius 1 is 1.18 bits per heavy atom. The molecule has 0 spiro atoms. The lowest BCUT2D eigenvalue weighted by molar-refractivity contribution is -0.121. The Hall–Kier alpha value is -2.67. The highest BCUT2D eigenvalue weighted by atomic mass is 32.2. The molecule has 1 fully saturated rings. The molecule has 0 radical (unpaired) electrons. The summed E-state index contributed by atoms with van der Waals surface area (Å²) in [5, 5.41) is 3.05. The zero-order chi connectivity index (χ0) is 19.7. The van der Waals surface area contributed by atoms with Crippen LogP contribution in [0.1, 0.15) is 30.9 Å². The second-order valence-electron chi connectivity index (χ2n) is 7.17. The van der Waals surface area contributed by atoms with Crippen LogP contribution in [-0.4, -0.2) is 38.2 Å². The van der Waals surface area contributed by atoms with Gasteiger partial charge in [-0.05, 0) is 43.0 Å². The van der Waals surface area contributed by atoms with Gasteiger partial charge in [-0.2, -0.15) is 8.42 Å². The number of likely N-dealkylation sites (tertiary alicyclic amines) is 1. The van der Waals surface area contributed by atoms with Gasteiger partial charge in [-0.3, -0.25) is 4.79 Å². The number of para-hydroxylation sites is 1. The van der Waals surface area contributed by atoms with E-state index in [0.29, 0.717) is 24.5 Å². The molecule has 0 aromatic heterocycles. The van der Waals surface area contributed by atoms with E-state index in [0.717, 1.165) is 30.5 Å². The van der Waals surface area contributed by atoms with Crippen LogP contribution < -0.4 is 5.32 Å². The summed E-state index contributed by atoms with van der Waals surface area (Å²) >= 11 is 0. The Kier molecular flexibility index (Phi) is 4.93. The van der Waals surface area contributed by atoms with Crippen molar-refractivity contribution in [3.63, 3.8) is 0 Å². The highest BCUT2D eigenvalue weighted by molar-refractivity contribution is 7.90. The van der Waals surface area contributed by atoms with Gasteiger partial charge in [-0.25, -0.2) is 0 Å². The van der Waals surface area contributed by atoms with Gasteiger partial charge in [0.2, 0.25) is 5.91 Å². The lowest BCUT2D eigenvalue weighted by atomic mass is 9.96. The number of aryl methyl sites for hydroxylation is 1. The van der Waals surface area contributed by atoms with Crippen LogP contribution >= 0.6 is 0 Å². The van der Waals surface area contributed by atoms with Crippen molar-refractivity contribution in [3.05, 3.63) is 59.7 Å². The maximum Gasteiger partial charge on any atom is 0.285 e. The van der Waals surface area contributed by atoms with Gasteiger partial charge < -0.3 is 10.2 Å². The summed E-state index contributed by atoms with van der Waals surface area (Å²) < 4.78 is 28.7. The van der Waals surface area contributed by atoms with Crippen molar-refractivity contribution in [1.82, 2.24) is 4.90 Å². The molecule has 2 aromatic rings. The largest absolute Gasteiger partial charge is 0.355 e.